The number of carbonyl (C=O) groups is 1. The van der Waals surface area contributed by atoms with Gasteiger partial charge >= 0.3 is 5.97 Å². The van der Waals surface area contributed by atoms with E-state index in [1.165, 1.54) is 0 Å². The highest BCUT2D eigenvalue weighted by molar-refractivity contribution is 5.88. The lowest BCUT2D eigenvalue weighted by Crippen LogP contribution is -2.27. The summed E-state index contributed by atoms with van der Waals surface area (Å²) in [6.07, 6.45) is 1.13. The van der Waals surface area contributed by atoms with Gasteiger partial charge in [0, 0.05) is 11.6 Å². The van der Waals surface area contributed by atoms with Gasteiger partial charge < -0.3 is 18.8 Å². The number of rotatable bonds is 4. The summed E-state index contributed by atoms with van der Waals surface area (Å²) in [5.41, 5.74) is -0.677. The van der Waals surface area contributed by atoms with E-state index in [4.69, 9.17) is 14.2 Å². The van der Waals surface area contributed by atoms with Crippen molar-refractivity contribution in [2.24, 2.45) is 0 Å². The van der Waals surface area contributed by atoms with Crippen molar-refractivity contribution in [3.8, 4) is 11.8 Å². The summed E-state index contributed by atoms with van der Waals surface area (Å²) in [4.78, 5) is 11.9. The molecule has 6 nitrogen and oxygen atoms in total. The highest BCUT2D eigenvalue weighted by atomic mass is 16.7. The average molecular weight is 286 g/mol. The Morgan fingerprint density at radius 1 is 1.52 bits per heavy atom. The molecule has 1 aliphatic heterocycles. The van der Waals surface area contributed by atoms with Crippen LogP contribution in [-0.4, -0.2) is 29.9 Å². The van der Waals surface area contributed by atoms with Crippen LogP contribution >= 0.6 is 0 Å². The number of ether oxygens (including phenoxy) is 3. The van der Waals surface area contributed by atoms with E-state index >= 15 is 0 Å². The maximum absolute atomic E-state index is 11.9. The fourth-order valence-corrected chi connectivity index (χ4v) is 2.38. The monoisotopic (exact) mass is 286 g/mol. The molecule has 1 aromatic heterocycles. The molecule has 0 spiro atoms. The summed E-state index contributed by atoms with van der Waals surface area (Å²) in [7, 11) is 1.60. The van der Waals surface area contributed by atoms with Gasteiger partial charge in [0.2, 0.25) is 0 Å². The SMILES string of the molecule is CCOC(=O)C1(C#N)OC1n1ccc2cc(OC)ccc21. The number of nitriles is 1. The van der Waals surface area contributed by atoms with Gasteiger partial charge in [-0.05, 0) is 31.2 Å². The molecule has 0 N–H and O–H groups in total. The van der Waals surface area contributed by atoms with Gasteiger partial charge in [0.25, 0.3) is 5.60 Å². The number of aromatic nitrogens is 1. The van der Waals surface area contributed by atoms with Crippen molar-refractivity contribution in [3.63, 3.8) is 0 Å². The van der Waals surface area contributed by atoms with E-state index in [-0.39, 0.29) is 6.61 Å². The number of benzene rings is 1. The first-order chi connectivity index (χ1) is 10.2. The Morgan fingerprint density at radius 3 is 3.00 bits per heavy atom. The number of hydrogen-bond acceptors (Lipinski definition) is 5. The van der Waals surface area contributed by atoms with Gasteiger partial charge in [0.15, 0.2) is 6.23 Å². The van der Waals surface area contributed by atoms with E-state index in [2.05, 4.69) is 0 Å². The minimum Gasteiger partial charge on any atom is -0.497 e. The number of methoxy groups -OCH3 is 1. The minimum atomic E-state index is -1.54. The van der Waals surface area contributed by atoms with Crippen LogP contribution in [0.25, 0.3) is 10.9 Å². The predicted octanol–water partition coefficient (Wildman–Crippen LogP) is 2.00. The van der Waals surface area contributed by atoms with Crippen LogP contribution in [0.3, 0.4) is 0 Å². The van der Waals surface area contributed by atoms with E-state index in [9.17, 15) is 10.1 Å². The Balaban J connectivity index is 1.96. The fourth-order valence-electron chi connectivity index (χ4n) is 2.38. The summed E-state index contributed by atoms with van der Waals surface area (Å²) in [5, 5.41) is 10.2. The molecule has 2 aromatic rings. The lowest BCUT2D eigenvalue weighted by atomic mass is 10.1. The molecule has 0 radical (unpaired) electrons. The Morgan fingerprint density at radius 2 is 2.33 bits per heavy atom. The first-order valence-corrected chi connectivity index (χ1v) is 6.57. The van der Waals surface area contributed by atoms with Gasteiger partial charge in [0.05, 0.1) is 19.2 Å². The van der Waals surface area contributed by atoms with Crippen LogP contribution < -0.4 is 4.74 Å². The standard InChI is InChI=1S/C15H14N2O4/c1-3-20-14(18)15(9-16)13(21-15)17-7-6-10-8-11(19-2)4-5-12(10)17/h4-8,13H,3H2,1-2H3. The molecule has 1 aliphatic rings. The molecule has 2 unspecified atom stereocenters. The molecule has 108 valence electrons. The van der Waals surface area contributed by atoms with E-state index < -0.39 is 17.8 Å². The quantitative estimate of drug-likeness (QED) is 0.634. The molecule has 2 heterocycles. The van der Waals surface area contributed by atoms with Crippen LogP contribution in [0, 0.1) is 11.3 Å². The molecule has 21 heavy (non-hydrogen) atoms. The van der Waals surface area contributed by atoms with E-state index in [0.29, 0.717) is 0 Å². The van der Waals surface area contributed by atoms with Crippen LogP contribution in [0.5, 0.6) is 5.75 Å². The zero-order valence-corrected chi connectivity index (χ0v) is 11.7. The maximum Gasteiger partial charge on any atom is 0.358 e. The van der Waals surface area contributed by atoms with Crippen molar-refractivity contribution >= 4 is 16.9 Å². The normalized spacial score (nSPS) is 23.6. The van der Waals surface area contributed by atoms with Gasteiger partial charge in [-0.25, -0.2) is 4.79 Å². The zero-order chi connectivity index (χ0) is 15.0. The molecule has 0 bridgehead atoms. The number of carbonyl (C=O) groups excluding carboxylic acids is 1. The van der Waals surface area contributed by atoms with Crippen molar-refractivity contribution < 1.29 is 19.0 Å². The minimum absolute atomic E-state index is 0.210. The molecule has 3 rings (SSSR count). The number of esters is 1. The van der Waals surface area contributed by atoms with Crippen molar-refractivity contribution in [1.82, 2.24) is 4.57 Å². The van der Waals surface area contributed by atoms with Crippen molar-refractivity contribution in [3.05, 3.63) is 30.5 Å². The molecular weight excluding hydrogens is 272 g/mol. The lowest BCUT2D eigenvalue weighted by molar-refractivity contribution is -0.147. The van der Waals surface area contributed by atoms with Gasteiger partial charge in [-0.1, -0.05) is 0 Å². The van der Waals surface area contributed by atoms with Gasteiger partial charge in [-0.2, -0.15) is 5.26 Å². The Hall–Kier alpha value is -2.52. The first kappa shape index (κ1) is 13.5. The molecule has 0 saturated carbocycles. The largest absolute Gasteiger partial charge is 0.497 e. The van der Waals surface area contributed by atoms with E-state index in [1.807, 2.05) is 30.3 Å². The third-order valence-corrected chi connectivity index (χ3v) is 3.51. The fraction of sp³-hybridized carbons (Fsp3) is 0.333. The van der Waals surface area contributed by atoms with E-state index in [0.717, 1.165) is 16.7 Å². The molecular formula is C15H14N2O4. The summed E-state index contributed by atoms with van der Waals surface area (Å²) < 4.78 is 17.2. The maximum atomic E-state index is 11.9. The van der Waals surface area contributed by atoms with Crippen molar-refractivity contribution in [2.75, 3.05) is 13.7 Å². The molecule has 1 fully saturated rings. The Bertz CT molecular complexity index is 746. The van der Waals surface area contributed by atoms with Crippen LogP contribution in [0.1, 0.15) is 13.2 Å². The molecule has 6 heteroatoms. The van der Waals surface area contributed by atoms with Crippen molar-refractivity contribution in [2.45, 2.75) is 18.8 Å². The summed E-state index contributed by atoms with van der Waals surface area (Å²) >= 11 is 0. The summed E-state index contributed by atoms with van der Waals surface area (Å²) in [5.74, 6) is 0.0989. The third kappa shape index (κ3) is 1.94. The highest BCUT2D eigenvalue weighted by Crippen LogP contribution is 2.48. The summed E-state index contributed by atoms with van der Waals surface area (Å²) in [6.45, 7) is 1.90. The van der Waals surface area contributed by atoms with Crippen LogP contribution in [0.4, 0.5) is 0 Å². The number of fused-ring (bicyclic) bond motifs is 1. The van der Waals surface area contributed by atoms with Gasteiger partial charge in [-0.15, -0.1) is 0 Å². The van der Waals surface area contributed by atoms with E-state index in [1.54, 1.807) is 24.8 Å². The second-order valence-electron chi connectivity index (χ2n) is 4.69. The second-order valence-corrected chi connectivity index (χ2v) is 4.69. The first-order valence-electron chi connectivity index (χ1n) is 6.57. The van der Waals surface area contributed by atoms with Crippen LogP contribution in [0.2, 0.25) is 0 Å². The molecule has 2 atom stereocenters. The van der Waals surface area contributed by atoms with Gasteiger partial charge in [-0.3, -0.25) is 0 Å². The molecule has 1 saturated heterocycles. The second kappa shape index (κ2) is 4.79. The lowest BCUT2D eigenvalue weighted by Gasteiger charge is -2.06. The number of hydrogen-bond donors (Lipinski definition) is 0. The molecule has 1 aromatic carbocycles. The highest BCUT2D eigenvalue weighted by Gasteiger charge is 2.67. The number of nitrogens with zero attached hydrogens (tertiary/aromatic N) is 2. The third-order valence-electron chi connectivity index (χ3n) is 3.51. The Kier molecular flexibility index (Phi) is 3.07. The van der Waals surface area contributed by atoms with Gasteiger partial charge in [0.1, 0.15) is 11.8 Å². The van der Waals surface area contributed by atoms with Crippen molar-refractivity contribution in [1.29, 1.82) is 5.26 Å². The number of epoxide rings is 1. The van der Waals surface area contributed by atoms with Crippen LogP contribution in [0.15, 0.2) is 30.5 Å². The zero-order valence-electron chi connectivity index (χ0n) is 11.7. The molecule has 0 aliphatic carbocycles. The van der Waals surface area contributed by atoms with Crippen LogP contribution in [-0.2, 0) is 14.3 Å². The molecule has 0 amide bonds. The average Bonchev–Trinajstić information content (AvgIpc) is 3.11. The topological polar surface area (TPSA) is 76.8 Å². The Labute approximate surface area is 121 Å². The predicted molar refractivity (Wildman–Crippen MR) is 73.6 cm³/mol. The smallest absolute Gasteiger partial charge is 0.358 e. The summed E-state index contributed by atoms with van der Waals surface area (Å²) in [6, 6.07) is 9.37.